The van der Waals surface area contributed by atoms with E-state index >= 15 is 0 Å². The summed E-state index contributed by atoms with van der Waals surface area (Å²) in [7, 11) is 0. The van der Waals surface area contributed by atoms with Crippen LogP contribution in [0.1, 0.15) is 58.9 Å². The highest BCUT2D eigenvalue weighted by atomic mass is 32.1. The molecule has 8 heteroatoms. The fraction of sp³-hybridized carbons (Fsp3) is 0.484. The average molecular weight is 544 g/mol. The number of nitrogens with one attached hydrogen (secondary N) is 2. The second-order valence-electron chi connectivity index (χ2n) is 11.6. The molecule has 0 radical (unpaired) electrons. The highest BCUT2D eigenvalue weighted by Gasteiger charge is 2.37. The van der Waals surface area contributed by atoms with E-state index in [4.69, 9.17) is 0 Å². The summed E-state index contributed by atoms with van der Waals surface area (Å²) < 4.78 is 0. The van der Waals surface area contributed by atoms with Gasteiger partial charge in [-0.1, -0.05) is 24.3 Å². The van der Waals surface area contributed by atoms with Gasteiger partial charge in [0.1, 0.15) is 11.6 Å². The van der Waals surface area contributed by atoms with Crippen molar-refractivity contribution < 1.29 is 0 Å². The van der Waals surface area contributed by atoms with Crippen molar-refractivity contribution in [3.8, 4) is 0 Å². The number of nitrogens with zero attached hydrogens (tertiary/aromatic N) is 5. The molecule has 5 heterocycles. The molecule has 4 aromatic rings. The lowest BCUT2D eigenvalue weighted by Gasteiger charge is -2.47. The van der Waals surface area contributed by atoms with Crippen LogP contribution in [0.5, 0.6) is 0 Å². The van der Waals surface area contributed by atoms with Crippen LogP contribution in [0, 0.1) is 12.3 Å². The Morgan fingerprint density at radius 2 is 1.33 bits per heavy atom. The van der Waals surface area contributed by atoms with E-state index in [9.17, 15) is 0 Å². The molecule has 7 nitrogen and oxygen atoms in total. The lowest BCUT2D eigenvalue weighted by Crippen LogP contribution is -2.46. The first-order valence-corrected chi connectivity index (χ1v) is 15.2. The monoisotopic (exact) mass is 543 g/mol. The van der Waals surface area contributed by atoms with Crippen molar-refractivity contribution in [3.63, 3.8) is 0 Å². The molecule has 3 aromatic heterocycles. The Labute approximate surface area is 236 Å². The number of hydrogen-bond acceptors (Lipinski definition) is 6. The number of aryl methyl sites for hydroxylation is 1. The second kappa shape index (κ2) is 12.2. The van der Waals surface area contributed by atoms with Gasteiger partial charge >= 0.3 is 0 Å². The van der Waals surface area contributed by atoms with Crippen molar-refractivity contribution in [1.29, 1.82) is 0 Å². The molecular formula is C31H41N7S. The van der Waals surface area contributed by atoms with Crippen molar-refractivity contribution in [2.45, 2.75) is 65.3 Å². The predicted octanol–water partition coefficient (Wildman–Crippen LogP) is 5.58. The Hall–Kier alpha value is -2.78. The van der Waals surface area contributed by atoms with Gasteiger partial charge in [-0.15, -0.1) is 11.3 Å². The van der Waals surface area contributed by atoms with Crippen molar-refractivity contribution in [2.75, 3.05) is 26.2 Å². The van der Waals surface area contributed by atoms with Gasteiger partial charge < -0.3 is 9.97 Å². The maximum atomic E-state index is 4.42. The summed E-state index contributed by atoms with van der Waals surface area (Å²) in [4.78, 5) is 24.6. The van der Waals surface area contributed by atoms with Gasteiger partial charge in [0.05, 0.1) is 13.1 Å². The van der Waals surface area contributed by atoms with Crippen molar-refractivity contribution in [1.82, 2.24) is 34.6 Å². The topological polar surface area (TPSA) is 67.1 Å². The number of likely N-dealkylation sites (tertiary alicyclic amines) is 2. The molecule has 2 saturated heterocycles. The molecule has 0 saturated carbocycles. The van der Waals surface area contributed by atoms with E-state index in [1.54, 1.807) is 4.88 Å². The molecule has 0 atom stereocenters. The maximum absolute atomic E-state index is 4.42. The van der Waals surface area contributed by atoms with Gasteiger partial charge in [0.25, 0.3) is 0 Å². The molecule has 1 spiro atoms. The van der Waals surface area contributed by atoms with E-state index in [0.717, 1.165) is 44.4 Å². The average Bonchev–Trinajstić information content (AvgIpc) is 3.73. The third kappa shape index (κ3) is 6.87. The molecule has 2 N–H and O–H groups in total. The third-order valence-electron chi connectivity index (χ3n) is 8.86. The molecule has 39 heavy (non-hydrogen) atoms. The number of aromatic nitrogens is 4. The van der Waals surface area contributed by atoms with Crippen molar-refractivity contribution >= 4 is 11.3 Å². The number of aromatic amines is 2. The van der Waals surface area contributed by atoms with Crippen molar-refractivity contribution in [2.24, 2.45) is 5.41 Å². The number of thiophene rings is 1. The third-order valence-corrected chi connectivity index (χ3v) is 9.87. The number of benzene rings is 1. The standard InChI is InChI=1S/C31H41N7S/c1-25-6-19-39-28(25)22-37-17-9-31(10-18-37)7-15-36(16-8-31)20-26-2-4-27(5-3-26)21-38(23-29-32-11-12-33-29)24-30-34-13-14-35-30/h2-6,11-14,19H,7-10,15-18,20-24H2,1H3,(H,32,33)(H,34,35). The zero-order chi connectivity index (χ0) is 26.5. The summed E-state index contributed by atoms with van der Waals surface area (Å²) in [6.07, 6.45) is 12.8. The van der Waals surface area contributed by atoms with E-state index in [2.05, 4.69) is 77.3 Å². The summed E-state index contributed by atoms with van der Waals surface area (Å²) in [5, 5.41) is 2.24. The Balaban J connectivity index is 0.976. The lowest BCUT2D eigenvalue weighted by atomic mass is 9.71. The first-order valence-electron chi connectivity index (χ1n) is 14.4. The minimum atomic E-state index is 0.576. The van der Waals surface area contributed by atoms with E-state index in [0.29, 0.717) is 5.41 Å². The first kappa shape index (κ1) is 26.4. The summed E-state index contributed by atoms with van der Waals surface area (Å²) in [6.45, 7) is 11.8. The minimum absolute atomic E-state index is 0.576. The van der Waals surface area contributed by atoms with E-state index in [1.807, 2.05) is 36.1 Å². The summed E-state index contributed by atoms with van der Waals surface area (Å²) in [5.74, 6) is 1.95. The molecule has 0 bridgehead atoms. The molecule has 0 aliphatic carbocycles. The fourth-order valence-corrected chi connectivity index (χ4v) is 7.21. The van der Waals surface area contributed by atoms with Gasteiger partial charge in [0, 0.05) is 49.3 Å². The van der Waals surface area contributed by atoms with Crippen LogP contribution >= 0.6 is 11.3 Å². The molecule has 1 aromatic carbocycles. The fourth-order valence-electron chi connectivity index (χ4n) is 6.27. The van der Waals surface area contributed by atoms with Gasteiger partial charge in [0.15, 0.2) is 0 Å². The number of imidazole rings is 2. The predicted molar refractivity (Wildman–Crippen MR) is 157 cm³/mol. The largest absolute Gasteiger partial charge is 0.348 e. The van der Waals surface area contributed by atoms with Crippen LogP contribution in [0.2, 0.25) is 0 Å². The Morgan fingerprint density at radius 1 is 0.769 bits per heavy atom. The molecule has 2 fully saturated rings. The van der Waals surface area contributed by atoms with Crippen LogP contribution in [-0.4, -0.2) is 60.8 Å². The second-order valence-corrected chi connectivity index (χ2v) is 12.6. The van der Waals surface area contributed by atoms with Crippen LogP contribution in [0.3, 0.4) is 0 Å². The summed E-state index contributed by atoms with van der Waals surface area (Å²) in [5.41, 5.74) is 4.77. The number of H-pyrrole nitrogens is 2. The highest BCUT2D eigenvalue weighted by Crippen LogP contribution is 2.42. The minimum Gasteiger partial charge on any atom is -0.348 e. The van der Waals surface area contributed by atoms with Crippen LogP contribution in [-0.2, 0) is 32.7 Å². The Morgan fingerprint density at radius 3 is 1.85 bits per heavy atom. The zero-order valence-electron chi connectivity index (χ0n) is 23.1. The van der Waals surface area contributed by atoms with Crippen LogP contribution in [0.15, 0.2) is 60.5 Å². The zero-order valence-corrected chi connectivity index (χ0v) is 23.9. The van der Waals surface area contributed by atoms with Gasteiger partial charge in [-0.05, 0) is 92.3 Å². The van der Waals surface area contributed by atoms with Crippen molar-refractivity contribution in [3.05, 3.63) is 93.7 Å². The smallest absolute Gasteiger partial charge is 0.120 e. The number of rotatable bonds is 10. The first-order chi connectivity index (χ1) is 19.1. The molecule has 6 rings (SSSR count). The Bertz CT molecular complexity index is 1220. The molecular weight excluding hydrogens is 502 g/mol. The van der Waals surface area contributed by atoms with E-state index in [1.165, 1.54) is 68.6 Å². The van der Waals surface area contributed by atoms with Crippen LogP contribution < -0.4 is 0 Å². The van der Waals surface area contributed by atoms with E-state index in [-0.39, 0.29) is 0 Å². The lowest BCUT2D eigenvalue weighted by molar-refractivity contribution is 0.0302. The number of piperidine rings is 2. The Kier molecular flexibility index (Phi) is 8.25. The number of hydrogen-bond donors (Lipinski definition) is 2. The molecule has 2 aliphatic heterocycles. The summed E-state index contributed by atoms with van der Waals surface area (Å²) in [6, 6.07) is 11.5. The molecule has 0 unspecified atom stereocenters. The van der Waals surface area contributed by atoms with Gasteiger partial charge in [0.2, 0.25) is 0 Å². The highest BCUT2D eigenvalue weighted by molar-refractivity contribution is 7.10. The molecule has 0 amide bonds. The quantitative estimate of drug-likeness (QED) is 0.273. The molecule has 206 valence electrons. The normalized spacial score (nSPS) is 18.3. The van der Waals surface area contributed by atoms with Crippen LogP contribution in [0.25, 0.3) is 0 Å². The summed E-state index contributed by atoms with van der Waals surface area (Å²) >= 11 is 1.92. The molecule has 2 aliphatic rings. The maximum Gasteiger partial charge on any atom is 0.120 e. The van der Waals surface area contributed by atoms with Gasteiger partial charge in [-0.25, -0.2) is 9.97 Å². The van der Waals surface area contributed by atoms with Gasteiger partial charge in [-0.3, -0.25) is 14.7 Å². The van der Waals surface area contributed by atoms with Gasteiger partial charge in [-0.2, -0.15) is 0 Å². The van der Waals surface area contributed by atoms with E-state index < -0.39 is 0 Å². The SMILES string of the molecule is Cc1ccsc1CN1CCC2(CCN(Cc3ccc(CN(Cc4ncc[nH]4)Cc4ncc[nH]4)cc3)CC2)CC1. The van der Waals surface area contributed by atoms with Crippen LogP contribution in [0.4, 0.5) is 0 Å².